The minimum Gasteiger partial charge on any atom is -0.345 e. The van der Waals surface area contributed by atoms with Crippen molar-refractivity contribution >= 4 is 22.8 Å². The number of amides is 1. The molecular weight excluding hydrogens is 298 g/mol. The van der Waals surface area contributed by atoms with Gasteiger partial charge in [0.1, 0.15) is 11.4 Å². The van der Waals surface area contributed by atoms with E-state index < -0.39 is 10.8 Å². The van der Waals surface area contributed by atoms with Crippen LogP contribution >= 0.6 is 0 Å². The Bertz CT molecular complexity index is 870. The molecule has 23 heavy (non-hydrogen) atoms. The monoisotopic (exact) mass is 311 g/mol. The highest BCUT2D eigenvalue weighted by Crippen LogP contribution is 2.19. The molecule has 0 atom stereocenters. The summed E-state index contributed by atoms with van der Waals surface area (Å²) in [7, 11) is 0. The van der Waals surface area contributed by atoms with Crippen LogP contribution in [-0.4, -0.2) is 25.8 Å². The Labute approximate surface area is 130 Å². The van der Waals surface area contributed by atoms with E-state index in [0.717, 1.165) is 11.1 Å². The average molecular weight is 311 g/mol. The summed E-state index contributed by atoms with van der Waals surface area (Å²) in [5, 5.41) is 13.7. The Morgan fingerprint density at radius 1 is 1.39 bits per heavy atom. The number of aryl methyl sites for hydroxylation is 1. The molecule has 1 aromatic carbocycles. The highest BCUT2D eigenvalue weighted by atomic mass is 16.6. The highest BCUT2D eigenvalue weighted by molar-refractivity contribution is 5.98. The van der Waals surface area contributed by atoms with E-state index in [1.165, 1.54) is 12.1 Å². The van der Waals surface area contributed by atoms with E-state index in [4.69, 9.17) is 0 Å². The summed E-state index contributed by atoms with van der Waals surface area (Å²) in [6.07, 6.45) is 1.63. The third-order valence-electron chi connectivity index (χ3n) is 3.32. The Kier molecular flexibility index (Phi) is 3.71. The number of aromatic nitrogens is 3. The molecule has 3 aromatic rings. The van der Waals surface area contributed by atoms with Crippen LogP contribution in [-0.2, 0) is 6.54 Å². The number of nitrogens with zero attached hydrogens (tertiary/aromatic N) is 3. The first-order valence-electron chi connectivity index (χ1n) is 6.87. The van der Waals surface area contributed by atoms with Crippen LogP contribution in [0.4, 0.5) is 5.69 Å². The van der Waals surface area contributed by atoms with Crippen molar-refractivity contribution in [2.45, 2.75) is 13.5 Å². The molecule has 0 saturated carbocycles. The largest absolute Gasteiger partial charge is 0.345 e. The molecule has 2 heterocycles. The number of nitro groups is 1. The second-order valence-electron chi connectivity index (χ2n) is 5.02. The molecule has 0 aliphatic heterocycles. The topological polar surface area (TPSA) is 114 Å². The number of rotatable bonds is 4. The first-order chi connectivity index (χ1) is 11.0. The number of H-pyrrole nitrogens is 1. The minimum atomic E-state index is -0.570. The van der Waals surface area contributed by atoms with Crippen LogP contribution in [0.3, 0.4) is 0 Å². The van der Waals surface area contributed by atoms with E-state index in [0.29, 0.717) is 11.5 Å². The van der Waals surface area contributed by atoms with Crippen molar-refractivity contribution in [3.8, 4) is 0 Å². The van der Waals surface area contributed by atoms with Crippen molar-refractivity contribution in [1.82, 2.24) is 20.3 Å². The third kappa shape index (κ3) is 3.00. The minimum absolute atomic E-state index is 0.0317. The molecule has 0 fully saturated rings. The quantitative estimate of drug-likeness (QED) is 0.565. The zero-order chi connectivity index (χ0) is 16.4. The summed E-state index contributed by atoms with van der Waals surface area (Å²) in [4.78, 5) is 34.1. The lowest BCUT2D eigenvalue weighted by Crippen LogP contribution is -2.24. The second kappa shape index (κ2) is 5.84. The van der Waals surface area contributed by atoms with Crippen molar-refractivity contribution in [3.63, 3.8) is 0 Å². The second-order valence-corrected chi connectivity index (χ2v) is 5.02. The van der Waals surface area contributed by atoms with Crippen LogP contribution < -0.4 is 5.32 Å². The molecule has 0 radical (unpaired) electrons. The molecule has 0 aliphatic carbocycles. The number of hydrogen-bond acceptors (Lipinski definition) is 5. The molecule has 0 spiro atoms. The lowest BCUT2D eigenvalue weighted by Gasteiger charge is -2.05. The highest BCUT2D eigenvalue weighted by Gasteiger charge is 2.20. The molecular formula is C15H13N5O3. The number of benzene rings is 1. The number of nitro benzene ring substituents is 1. The first-order valence-corrected chi connectivity index (χ1v) is 6.87. The molecule has 116 valence electrons. The van der Waals surface area contributed by atoms with E-state index in [1.54, 1.807) is 25.3 Å². The number of imidazole rings is 1. The van der Waals surface area contributed by atoms with Crippen molar-refractivity contribution in [3.05, 3.63) is 63.6 Å². The van der Waals surface area contributed by atoms with Crippen molar-refractivity contribution < 1.29 is 9.72 Å². The number of aromatic amines is 1. The maximum atomic E-state index is 12.2. The summed E-state index contributed by atoms with van der Waals surface area (Å²) in [5.41, 5.74) is 1.90. The average Bonchev–Trinajstić information content (AvgIpc) is 2.95. The lowest BCUT2D eigenvalue weighted by molar-refractivity contribution is -0.385. The van der Waals surface area contributed by atoms with Gasteiger partial charge in [0.2, 0.25) is 0 Å². The van der Waals surface area contributed by atoms with Gasteiger partial charge in [0.15, 0.2) is 5.65 Å². The van der Waals surface area contributed by atoms with Gasteiger partial charge in [-0.25, -0.2) is 9.97 Å². The molecule has 0 aliphatic rings. The van der Waals surface area contributed by atoms with Gasteiger partial charge in [-0.2, -0.15) is 0 Å². The van der Waals surface area contributed by atoms with Crippen LogP contribution in [0, 0.1) is 17.0 Å². The maximum Gasteiger partial charge on any atom is 0.282 e. The molecule has 0 saturated heterocycles. The molecule has 8 nitrogen and oxygen atoms in total. The lowest BCUT2D eigenvalue weighted by atomic mass is 10.1. The van der Waals surface area contributed by atoms with Crippen LogP contribution in [0.25, 0.3) is 11.2 Å². The van der Waals surface area contributed by atoms with Gasteiger partial charge in [-0.15, -0.1) is 0 Å². The zero-order valence-electron chi connectivity index (χ0n) is 12.2. The van der Waals surface area contributed by atoms with Crippen molar-refractivity contribution in [2.24, 2.45) is 0 Å². The van der Waals surface area contributed by atoms with E-state index in [1.807, 2.05) is 6.07 Å². The third-order valence-corrected chi connectivity index (χ3v) is 3.32. The fourth-order valence-corrected chi connectivity index (χ4v) is 2.23. The Morgan fingerprint density at radius 3 is 2.96 bits per heavy atom. The van der Waals surface area contributed by atoms with Gasteiger partial charge in [-0.3, -0.25) is 14.9 Å². The number of carbonyl (C=O) groups excluding carboxylic acids is 1. The predicted molar refractivity (Wildman–Crippen MR) is 82.9 cm³/mol. The smallest absolute Gasteiger partial charge is 0.282 e. The number of fused-ring (bicyclic) bond motifs is 1. The molecule has 0 unspecified atom stereocenters. The van der Waals surface area contributed by atoms with Gasteiger partial charge < -0.3 is 10.3 Å². The fraction of sp³-hybridized carbons (Fsp3) is 0.133. The Balaban J connectivity index is 1.79. The molecule has 0 bridgehead atoms. The van der Waals surface area contributed by atoms with E-state index in [-0.39, 0.29) is 17.8 Å². The van der Waals surface area contributed by atoms with Gasteiger partial charge in [-0.1, -0.05) is 6.07 Å². The maximum absolute atomic E-state index is 12.2. The molecule has 1 amide bonds. The van der Waals surface area contributed by atoms with Crippen molar-refractivity contribution in [1.29, 1.82) is 0 Å². The summed E-state index contributed by atoms with van der Waals surface area (Å²) < 4.78 is 0. The number of nitrogens with one attached hydrogen (secondary N) is 2. The van der Waals surface area contributed by atoms with Gasteiger partial charge in [-0.05, 0) is 30.7 Å². The summed E-state index contributed by atoms with van der Waals surface area (Å²) in [5.74, 6) is 0.0103. The van der Waals surface area contributed by atoms with Crippen LogP contribution in [0.15, 0.2) is 36.5 Å². The number of pyridine rings is 1. The SMILES string of the molecule is Cc1ccc([N+](=O)[O-])c(C(=O)NCc2nc3ncccc3[nH]2)c1. The summed E-state index contributed by atoms with van der Waals surface area (Å²) >= 11 is 0. The summed E-state index contributed by atoms with van der Waals surface area (Å²) in [6, 6.07) is 8.02. The van der Waals surface area contributed by atoms with Crippen molar-refractivity contribution in [2.75, 3.05) is 0 Å². The Morgan fingerprint density at radius 2 is 2.22 bits per heavy atom. The van der Waals surface area contributed by atoms with E-state index >= 15 is 0 Å². The molecule has 2 N–H and O–H groups in total. The fourth-order valence-electron chi connectivity index (χ4n) is 2.23. The van der Waals surface area contributed by atoms with Gasteiger partial charge in [0.25, 0.3) is 11.6 Å². The van der Waals surface area contributed by atoms with Gasteiger partial charge >= 0.3 is 0 Å². The number of carbonyl (C=O) groups is 1. The van der Waals surface area contributed by atoms with Crippen LogP contribution in [0.2, 0.25) is 0 Å². The zero-order valence-corrected chi connectivity index (χ0v) is 12.2. The molecule has 3 rings (SSSR count). The molecule has 8 heteroatoms. The van der Waals surface area contributed by atoms with E-state index in [9.17, 15) is 14.9 Å². The van der Waals surface area contributed by atoms with Gasteiger partial charge in [0, 0.05) is 12.3 Å². The Hall–Kier alpha value is -3.29. The standard InChI is InChI=1S/C15H13N5O3/c1-9-4-5-12(20(22)23)10(7-9)15(21)17-8-13-18-11-3-2-6-16-14(11)19-13/h2-7H,8H2,1H3,(H,17,21)(H,16,18,19). The molecule has 2 aromatic heterocycles. The van der Waals surface area contributed by atoms with E-state index in [2.05, 4.69) is 20.3 Å². The summed E-state index contributed by atoms with van der Waals surface area (Å²) in [6.45, 7) is 1.89. The van der Waals surface area contributed by atoms with Crippen LogP contribution in [0.5, 0.6) is 0 Å². The van der Waals surface area contributed by atoms with Gasteiger partial charge in [0.05, 0.1) is 17.0 Å². The number of hydrogen-bond donors (Lipinski definition) is 2. The normalized spacial score (nSPS) is 10.7. The van der Waals surface area contributed by atoms with Crippen LogP contribution in [0.1, 0.15) is 21.7 Å². The first kappa shape index (κ1) is 14.6. The predicted octanol–water partition coefficient (Wildman–Crippen LogP) is 2.10.